The van der Waals surface area contributed by atoms with Crippen LogP contribution in [0.4, 0.5) is 17.1 Å². The van der Waals surface area contributed by atoms with Crippen molar-refractivity contribution in [1.82, 2.24) is 0 Å². The highest BCUT2D eigenvalue weighted by atomic mass is 16.3. The lowest BCUT2D eigenvalue weighted by atomic mass is 9.67. The number of phenols is 1. The van der Waals surface area contributed by atoms with Crippen LogP contribution < -0.4 is 4.90 Å². The summed E-state index contributed by atoms with van der Waals surface area (Å²) in [7, 11) is 0. The second-order valence-electron chi connectivity index (χ2n) is 19.4. The van der Waals surface area contributed by atoms with Crippen LogP contribution in [0, 0.1) is 0 Å². The first-order valence-electron chi connectivity index (χ1n) is 24.3. The second kappa shape index (κ2) is 16.2. The summed E-state index contributed by atoms with van der Waals surface area (Å²) in [4.78, 5) is 2.45. The van der Waals surface area contributed by atoms with Gasteiger partial charge in [0.1, 0.15) is 5.75 Å². The summed E-state index contributed by atoms with van der Waals surface area (Å²) >= 11 is 0. The lowest BCUT2D eigenvalue weighted by Gasteiger charge is -2.35. The van der Waals surface area contributed by atoms with E-state index in [-0.39, 0.29) is 11.2 Å². The average Bonchev–Trinajstić information content (AvgIpc) is 3.84. The fraction of sp³-hybridized carbons (Fsp3) is 0.0588. The molecule has 0 atom stereocenters. The minimum atomic E-state index is -0.581. The maximum atomic E-state index is 12.2. The third-order valence-corrected chi connectivity index (χ3v) is 15.2. The van der Waals surface area contributed by atoms with E-state index in [1.54, 1.807) is 0 Å². The van der Waals surface area contributed by atoms with Gasteiger partial charge >= 0.3 is 0 Å². The van der Waals surface area contributed by atoms with Crippen molar-refractivity contribution >= 4 is 27.8 Å². The first-order valence-corrected chi connectivity index (χ1v) is 24.3. The van der Waals surface area contributed by atoms with E-state index in [2.05, 4.69) is 255 Å². The first-order chi connectivity index (χ1) is 34.4. The predicted molar refractivity (Wildman–Crippen MR) is 291 cm³/mol. The Kier molecular flexibility index (Phi) is 9.61. The zero-order valence-electron chi connectivity index (χ0n) is 39.1. The molecule has 2 aliphatic carbocycles. The second-order valence-corrected chi connectivity index (χ2v) is 19.4. The number of phenolic OH excluding ortho intramolecular Hbond substituents is 1. The summed E-state index contributed by atoms with van der Waals surface area (Å²) in [5, 5.41) is 14.0. The van der Waals surface area contributed by atoms with E-state index in [4.69, 9.17) is 0 Å². The largest absolute Gasteiger partial charge is 0.507 e. The SMILES string of the molecule is CC1(C)c2ccccc2-c2ccc(N(c3cc(-c4ccc(-c5ccccc5)cc4)cc(-c4ccc5ccccc5c4O)c3)c3ccc4c(c3)C(c3ccccc3)(c3ccccc3)c3ccccc3-4)cc21. The summed E-state index contributed by atoms with van der Waals surface area (Å²) in [6.45, 7) is 4.71. The van der Waals surface area contributed by atoms with E-state index in [1.807, 2.05) is 18.2 Å². The van der Waals surface area contributed by atoms with Gasteiger partial charge in [0.05, 0.1) is 5.41 Å². The molecular formula is C68H49NO. The molecule has 0 saturated heterocycles. The standard InChI is InChI=1S/C68H49NO/c1-67(2)62-28-16-14-26-58(62)60-38-35-53(43-64(60)67)69(54-36-39-61-59-27-15-17-29-63(59)68(65(61)44-54,51-21-8-4-9-22-51)52-23-10-5-11-24-52)55-41-49(47-32-30-46(31-33-47)45-18-6-3-7-19-45)40-50(42-55)57-37-34-48-20-12-13-25-56(48)66(57)70/h3-44,70H,1-2H3. The van der Waals surface area contributed by atoms with Gasteiger partial charge in [-0.1, -0.05) is 226 Å². The van der Waals surface area contributed by atoms with Crippen LogP contribution in [0.2, 0.25) is 0 Å². The molecule has 0 radical (unpaired) electrons. The van der Waals surface area contributed by atoms with Crippen molar-refractivity contribution in [2.45, 2.75) is 24.7 Å². The molecule has 70 heavy (non-hydrogen) atoms. The van der Waals surface area contributed by atoms with E-state index in [0.717, 1.165) is 55.7 Å². The number of benzene rings is 11. The fourth-order valence-electron chi connectivity index (χ4n) is 11.9. The minimum absolute atomic E-state index is 0.215. The lowest BCUT2D eigenvalue weighted by Crippen LogP contribution is -2.28. The van der Waals surface area contributed by atoms with Crippen molar-refractivity contribution in [3.05, 3.63) is 288 Å². The number of anilines is 3. The van der Waals surface area contributed by atoms with Crippen molar-refractivity contribution < 1.29 is 5.11 Å². The van der Waals surface area contributed by atoms with Gasteiger partial charge in [-0.05, 0) is 131 Å². The molecule has 0 spiro atoms. The zero-order chi connectivity index (χ0) is 47.0. The molecule has 332 valence electrons. The van der Waals surface area contributed by atoms with Crippen LogP contribution in [0.3, 0.4) is 0 Å². The number of aromatic hydroxyl groups is 1. The molecule has 1 N–H and O–H groups in total. The Morgan fingerprint density at radius 1 is 0.314 bits per heavy atom. The molecule has 0 saturated carbocycles. The van der Waals surface area contributed by atoms with Crippen molar-refractivity contribution in [3.63, 3.8) is 0 Å². The number of fused-ring (bicyclic) bond motifs is 7. The number of hydrogen-bond acceptors (Lipinski definition) is 2. The summed E-state index contributed by atoms with van der Waals surface area (Å²) in [6.07, 6.45) is 0. The topological polar surface area (TPSA) is 23.5 Å². The summed E-state index contributed by atoms with van der Waals surface area (Å²) in [5.41, 5.74) is 21.1. The van der Waals surface area contributed by atoms with Crippen LogP contribution in [-0.2, 0) is 10.8 Å². The van der Waals surface area contributed by atoms with Gasteiger partial charge in [0.25, 0.3) is 0 Å². The molecule has 0 amide bonds. The Labute approximate surface area is 410 Å². The van der Waals surface area contributed by atoms with Crippen LogP contribution in [0.15, 0.2) is 255 Å². The van der Waals surface area contributed by atoms with Crippen molar-refractivity contribution in [1.29, 1.82) is 0 Å². The third-order valence-electron chi connectivity index (χ3n) is 15.2. The van der Waals surface area contributed by atoms with E-state index in [9.17, 15) is 5.11 Å². The smallest absolute Gasteiger partial charge is 0.131 e. The van der Waals surface area contributed by atoms with Gasteiger partial charge in [-0.2, -0.15) is 0 Å². The first kappa shape index (κ1) is 41.5. The highest BCUT2D eigenvalue weighted by molar-refractivity contribution is 5.97. The maximum Gasteiger partial charge on any atom is 0.131 e. The molecule has 0 unspecified atom stereocenters. The highest BCUT2D eigenvalue weighted by Gasteiger charge is 2.46. The number of hydrogen-bond donors (Lipinski definition) is 1. The molecule has 0 bridgehead atoms. The van der Waals surface area contributed by atoms with E-state index >= 15 is 0 Å². The van der Waals surface area contributed by atoms with Gasteiger partial charge in [-0.25, -0.2) is 0 Å². The minimum Gasteiger partial charge on any atom is -0.507 e. The summed E-state index contributed by atoms with van der Waals surface area (Å²) in [5.74, 6) is 0.273. The van der Waals surface area contributed by atoms with E-state index in [1.165, 1.54) is 61.2 Å². The van der Waals surface area contributed by atoms with Crippen LogP contribution in [0.5, 0.6) is 5.75 Å². The molecule has 2 heteroatoms. The van der Waals surface area contributed by atoms with Crippen molar-refractivity contribution in [2.75, 3.05) is 4.90 Å². The zero-order valence-corrected chi connectivity index (χ0v) is 39.1. The van der Waals surface area contributed by atoms with E-state index in [0.29, 0.717) is 0 Å². The Hall–Kier alpha value is -8.72. The lowest BCUT2D eigenvalue weighted by molar-refractivity contribution is 0.483. The molecule has 11 aromatic carbocycles. The van der Waals surface area contributed by atoms with Gasteiger partial charge in [0.15, 0.2) is 0 Å². The van der Waals surface area contributed by atoms with Gasteiger partial charge in [-0.15, -0.1) is 0 Å². The Morgan fingerprint density at radius 3 is 1.46 bits per heavy atom. The van der Waals surface area contributed by atoms with Gasteiger partial charge < -0.3 is 10.0 Å². The molecule has 2 aliphatic rings. The molecule has 0 heterocycles. The third kappa shape index (κ3) is 6.41. The van der Waals surface area contributed by atoms with Gasteiger partial charge in [-0.3, -0.25) is 0 Å². The molecule has 0 aromatic heterocycles. The molecular weight excluding hydrogens is 847 g/mol. The average molecular weight is 896 g/mol. The predicted octanol–water partition coefficient (Wildman–Crippen LogP) is 17.7. The maximum absolute atomic E-state index is 12.2. The monoisotopic (exact) mass is 895 g/mol. The summed E-state index contributed by atoms with van der Waals surface area (Å²) < 4.78 is 0. The van der Waals surface area contributed by atoms with E-state index < -0.39 is 5.41 Å². The number of rotatable bonds is 8. The van der Waals surface area contributed by atoms with Gasteiger partial charge in [0.2, 0.25) is 0 Å². The quantitative estimate of drug-likeness (QED) is 0.164. The van der Waals surface area contributed by atoms with Crippen LogP contribution in [0.25, 0.3) is 66.4 Å². The normalized spacial score (nSPS) is 13.6. The molecule has 2 nitrogen and oxygen atoms in total. The van der Waals surface area contributed by atoms with Gasteiger partial charge in [0, 0.05) is 33.4 Å². The summed E-state index contributed by atoms with van der Waals surface area (Å²) in [6, 6.07) is 92.6. The Bertz CT molecular complexity index is 3760. The fourth-order valence-corrected chi connectivity index (χ4v) is 11.9. The molecule has 13 rings (SSSR count). The van der Waals surface area contributed by atoms with Crippen molar-refractivity contribution in [2.24, 2.45) is 0 Å². The molecule has 11 aromatic rings. The van der Waals surface area contributed by atoms with Crippen LogP contribution in [0.1, 0.15) is 47.2 Å². The highest BCUT2D eigenvalue weighted by Crippen LogP contribution is 2.58. The molecule has 0 fully saturated rings. The Balaban J connectivity index is 1.09. The number of nitrogens with zero attached hydrogens (tertiary/aromatic N) is 1. The van der Waals surface area contributed by atoms with Crippen LogP contribution in [-0.4, -0.2) is 5.11 Å². The van der Waals surface area contributed by atoms with Crippen molar-refractivity contribution in [3.8, 4) is 61.4 Å². The Morgan fingerprint density at radius 2 is 0.786 bits per heavy atom. The molecule has 0 aliphatic heterocycles. The van der Waals surface area contributed by atoms with Crippen LogP contribution >= 0.6 is 0 Å².